The van der Waals surface area contributed by atoms with E-state index in [1.54, 1.807) is 18.2 Å². The first-order valence-electron chi connectivity index (χ1n) is 5.23. The second-order valence-electron chi connectivity index (χ2n) is 3.83. The third kappa shape index (κ3) is 2.67. The van der Waals surface area contributed by atoms with Crippen molar-refractivity contribution in [2.24, 2.45) is 0 Å². The van der Waals surface area contributed by atoms with Gasteiger partial charge >= 0.3 is 5.97 Å². The Bertz CT molecular complexity index is 393. The number of carboxylic acids is 1. The Hall–Kier alpha value is -1.22. The molecular weight excluding hydrogens is 226 g/mol. The monoisotopic (exact) mass is 241 g/mol. The van der Waals surface area contributed by atoms with Crippen molar-refractivity contribution in [3.8, 4) is 0 Å². The van der Waals surface area contributed by atoms with E-state index >= 15 is 0 Å². The Morgan fingerprint density at radius 3 is 2.69 bits per heavy atom. The Morgan fingerprint density at radius 2 is 2.19 bits per heavy atom. The molecule has 16 heavy (non-hydrogen) atoms. The van der Waals surface area contributed by atoms with Gasteiger partial charge in [0.05, 0.1) is 11.3 Å². The molecule has 1 aromatic rings. The Morgan fingerprint density at radius 1 is 1.56 bits per heavy atom. The standard InChI is InChI=1S/C12H16ClNO2/c1-4-8(2)14(3)11-7-9(13)5-6-10(11)12(15)16/h5-8H,4H2,1-3H3,(H,15,16). The first-order valence-corrected chi connectivity index (χ1v) is 5.60. The molecule has 0 heterocycles. The van der Waals surface area contributed by atoms with Crippen LogP contribution in [0.3, 0.4) is 0 Å². The minimum Gasteiger partial charge on any atom is -0.478 e. The van der Waals surface area contributed by atoms with Gasteiger partial charge in [0.2, 0.25) is 0 Å². The Labute approximate surface area is 101 Å². The zero-order chi connectivity index (χ0) is 12.3. The molecule has 0 aliphatic rings. The molecule has 4 heteroatoms. The number of aromatic carboxylic acids is 1. The summed E-state index contributed by atoms with van der Waals surface area (Å²) in [4.78, 5) is 13.0. The molecule has 0 radical (unpaired) electrons. The minimum atomic E-state index is -0.929. The summed E-state index contributed by atoms with van der Waals surface area (Å²) in [5.74, 6) is -0.929. The van der Waals surface area contributed by atoms with Crippen LogP contribution in [-0.2, 0) is 0 Å². The van der Waals surface area contributed by atoms with Gasteiger partial charge in [0.15, 0.2) is 0 Å². The van der Waals surface area contributed by atoms with Crippen LogP contribution in [0.1, 0.15) is 30.6 Å². The molecule has 1 N–H and O–H groups in total. The molecule has 0 aliphatic heterocycles. The SMILES string of the molecule is CCC(C)N(C)c1cc(Cl)ccc1C(=O)O. The molecule has 1 atom stereocenters. The van der Waals surface area contributed by atoms with E-state index in [0.717, 1.165) is 6.42 Å². The fourth-order valence-electron chi connectivity index (χ4n) is 1.49. The van der Waals surface area contributed by atoms with Crippen LogP contribution in [0.5, 0.6) is 0 Å². The minimum absolute atomic E-state index is 0.275. The summed E-state index contributed by atoms with van der Waals surface area (Å²) >= 11 is 5.89. The third-order valence-electron chi connectivity index (χ3n) is 2.82. The number of nitrogens with zero attached hydrogens (tertiary/aromatic N) is 1. The number of anilines is 1. The normalized spacial score (nSPS) is 12.2. The smallest absolute Gasteiger partial charge is 0.337 e. The van der Waals surface area contributed by atoms with E-state index in [1.807, 2.05) is 18.9 Å². The summed E-state index contributed by atoms with van der Waals surface area (Å²) in [5.41, 5.74) is 0.946. The van der Waals surface area contributed by atoms with Crippen molar-refractivity contribution in [3.63, 3.8) is 0 Å². The fraction of sp³-hybridized carbons (Fsp3) is 0.417. The highest BCUT2D eigenvalue weighted by Gasteiger charge is 2.16. The predicted octanol–water partition coefficient (Wildman–Crippen LogP) is 3.27. The van der Waals surface area contributed by atoms with E-state index in [2.05, 4.69) is 6.92 Å². The van der Waals surface area contributed by atoms with Gasteiger partial charge in [0.25, 0.3) is 0 Å². The number of hydrogen-bond acceptors (Lipinski definition) is 2. The highest BCUT2D eigenvalue weighted by molar-refractivity contribution is 6.31. The number of halogens is 1. The summed E-state index contributed by atoms with van der Waals surface area (Å²) < 4.78 is 0. The van der Waals surface area contributed by atoms with Crippen LogP contribution in [-0.4, -0.2) is 24.2 Å². The van der Waals surface area contributed by atoms with E-state index in [9.17, 15) is 4.79 Å². The number of carboxylic acid groups (broad SMARTS) is 1. The molecule has 1 unspecified atom stereocenters. The van der Waals surface area contributed by atoms with Crippen LogP contribution < -0.4 is 4.90 Å². The lowest BCUT2D eigenvalue weighted by atomic mass is 10.1. The van der Waals surface area contributed by atoms with Crippen molar-refractivity contribution in [1.29, 1.82) is 0 Å². The van der Waals surface area contributed by atoms with Gasteiger partial charge in [-0.3, -0.25) is 0 Å². The van der Waals surface area contributed by atoms with Gasteiger partial charge in [-0.05, 0) is 31.5 Å². The number of rotatable bonds is 4. The fourth-order valence-corrected chi connectivity index (χ4v) is 1.66. The molecule has 1 rings (SSSR count). The van der Waals surface area contributed by atoms with E-state index in [1.165, 1.54) is 0 Å². The van der Waals surface area contributed by atoms with Crippen LogP contribution in [0, 0.1) is 0 Å². The maximum atomic E-state index is 11.1. The van der Waals surface area contributed by atoms with Crippen molar-refractivity contribution in [3.05, 3.63) is 28.8 Å². The Kier molecular flexibility index (Phi) is 4.19. The van der Waals surface area contributed by atoms with Crippen LogP contribution in [0.2, 0.25) is 5.02 Å². The van der Waals surface area contributed by atoms with Crippen LogP contribution in [0.15, 0.2) is 18.2 Å². The first-order chi connectivity index (χ1) is 7.47. The summed E-state index contributed by atoms with van der Waals surface area (Å²) in [6, 6.07) is 5.10. The van der Waals surface area contributed by atoms with Crippen LogP contribution in [0.25, 0.3) is 0 Å². The molecule has 0 amide bonds. The van der Waals surface area contributed by atoms with Gasteiger partial charge in [-0.1, -0.05) is 18.5 Å². The van der Waals surface area contributed by atoms with Crippen molar-refractivity contribution in [2.45, 2.75) is 26.3 Å². The second kappa shape index (κ2) is 5.21. The average molecular weight is 242 g/mol. The van der Waals surface area contributed by atoms with E-state index in [-0.39, 0.29) is 11.6 Å². The average Bonchev–Trinajstić information content (AvgIpc) is 2.26. The van der Waals surface area contributed by atoms with Gasteiger partial charge in [0.1, 0.15) is 0 Å². The van der Waals surface area contributed by atoms with E-state index in [4.69, 9.17) is 16.7 Å². The lowest BCUT2D eigenvalue weighted by molar-refractivity contribution is 0.0697. The molecule has 1 aromatic carbocycles. The molecule has 88 valence electrons. The summed E-state index contributed by atoms with van der Waals surface area (Å²) in [7, 11) is 1.88. The lowest BCUT2D eigenvalue weighted by Gasteiger charge is -2.27. The molecule has 0 bridgehead atoms. The number of benzene rings is 1. The number of hydrogen-bond donors (Lipinski definition) is 1. The van der Waals surface area contributed by atoms with E-state index < -0.39 is 5.97 Å². The van der Waals surface area contributed by atoms with Crippen LogP contribution in [0.4, 0.5) is 5.69 Å². The Balaban J connectivity index is 3.19. The first kappa shape index (κ1) is 12.8. The van der Waals surface area contributed by atoms with Crippen molar-refractivity contribution < 1.29 is 9.90 Å². The molecule has 0 aliphatic carbocycles. The van der Waals surface area contributed by atoms with E-state index in [0.29, 0.717) is 10.7 Å². The van der Waals surface area contributed by atoms with Gasteiger partial charge in [-0.15, -0.1) is 0 Å². The zero-order valence-electron chi connectivity index (χ0n) is 9.70. The summed E-state index contributed by atoms with van der Waals surface area (Å²) in [5, 5.41) is 9.64. The number of carbonyl (C=O) groups is 1. The van der Waals surface area contributed by atoms with Crippen molar-refractivity contribution >= 4 is 23.3 Å². The molecule has 0 saturated carbocycles. The molecule has 0 aromatic heterocycles. The second-order valence-corrected chi connectivity index (χ2v) is 4.27. The molecule has 0 saturated heterocycles. The summed E-state index contributed by atoms with van der Waals surface area (Å²) in [6.45, 7) is 4.11. The molecule has 0 fully saturated rings. The van der Waals surface area contributed by atoms with Crippen LogP contribution >= 0.6 is 11.6 Å². The largest absolute Gasteiger partial charge is 0.478 e. The predicted molar refractivity (Wildman–Crippen MR) is 66.6 cm³/mol. The maximum Gasteiger partial charge on any atom is 0.337 e. The third-order valence-corrected chi connectivity index (χ3v) is 3.06. The maximum absolute atomic E-state index is 11.1. The summed E-state index contributed by atoms with van der Waals surface area (Å²) in [6.07, 6.45) is 0.947. The molecule has 0 spiro atoms. The topological polar surface area (TPSA) is 40.5 Å². The van der Waals surface area contributed by atoms with Crippen molar-refractivity contribution in [2.75, 3.05) is 11.9 Å². The van der Waals surface area contributed by atoms with Gasteiger partial charge in [-0.2, -0.15) is 0 Å². The molecular formula is C12H16ClNO2. The van der Waals surface area contributed by atoms with Gasteiger partial charge in [-0.25, -0.2) is 4.79 Å². The highest BCUT2D eigenvalue weighted by Crippen LogP contribution is 2.26. The van der Waals surface area contributed by atoms with Crippen molar-refractivity contribution in [1.82, 2.24) is 0 Å². The highest BCUT2D eigenvalue weighted by atomic mass is 35.5. The lowest BCUT2D eigenvalue weighted by Crippen LogP contribution is -2.29. The zero-order valence-corrected chi connectivity index (χ0v) is 10.5. The van der Waals surface area contributed by atoms with Gasteiger partial charge in [0, 0.05) is 18.1 Å². The molecule has 3 nitrogen and oxygen atoms in total. The quantitative estimate of drug-likeness (QED) is 0.880. The van der Waals surface area contributed by atoms with Gasteiger partial charge < -0.3 is 10.0 Å².